The number of hydrogen-bond donors (Lipinski definition) is 0. The molecule has 0 N–H and O–H groups in total. The first-order valence-corrected chi connectivity index (χ1v) is 10.7. The van der Waals surface area contributed by atoms with Gasteiger partial charge in [0, 0.05) is 25.5 Å². The minimum absolute atomic E-state index is 0.0574. The van der Waals surface area contributed by atoms with Crippen LogP contribution in [0.3, 0.4) is 0 Å². The van der Waals surface area contributed by atoms with Gasteiger partial charge in [-0.05, 0) is 42.1 Å². The molecule has 0 radical (unpaired) electrons. The van der Waals surface area contributed by atoms with Gasteiger partial charge in [0.25, 0.3) is 5.91 Å². The highest BCUT2D eigenvalue weighted by molar-refractivity contribution is 7.12. The number of rotatable bonds is 10. The number of unbranched alkanes of at least 4 members (excludes halogenated alkanes) is 1. The van der Waals surface area contributed by atoms with Crippen molar-refractivity contribution in [2.24, 2.45) is 7.05 Å². The topological polar surface area (TPSA) is 58.7 Å². The number of furan rings is 1. The zero-order chi connectivity index (χ0) is 20.6. The van der Waals surface area contributed by atoms with Gasteiger partial charge >= 0.3 is 0 Å². The number of nitrogens with zero attached hydrogens (tertiary/aromatic N) is 3. The van der Waals surface area contributed by atoms with Crippen molar-refractivity contribution in [3.63, 3.8) is 0 Å². The van der Waals surface area contributed by atoms with Gasteiger partial charge in [-0.3, -0.25) is 9.59 Å². The maximum atomic E-state index is 13.2. The molecular weight excluding hydrogens is 386 g/mol. The Balaban J connectivity index is 1.76. The van der Waals surface area contributed by atoms with Crippen LogP contribution in [0.1, 0.15) is 40.9 Å². The van der Waals surface area contributed by atoms with Gasteiger partial charge in [-0.25, -0.2) is 0 Å². The zero-order valence-corrected chi connectivity index (χ0v) is 17.7. The Labute approximate surface area is 175 Å². The SMILES string of the molecule is CCCCN(CC(=O)N(Cc1ccco1)Cc1cccn1C)C(=O)c1cccs1. The number of aromatic nitrogens is 1. The molecule has 0 aliphatic rings. The number of thiophene rings is 1. The highest BCUT2D eigenvalue weighted by Gasteiger charge is 2.24. The lowest BCUT2D eigenvalue weighted by molar-refractivity contribution is -0.133. The van der Waals surface area contributed by atoms with Gasteiger partial charge in [0.05, 0.1) is 24.2 Å². The maximum absolute atomic E-state index is 13.2. The molecule has 29 heavy (non-hydrogen) atoms. The summed E-state index contributed by atoms with van der Waals surface area (Å²) in [4.78, 5) is 30.2. The largest absolute Gasteiger partial charge is 0.467 e. The van der Waals surface area contributed by atoms with E-state index >= 15 is 0 Å². The normalized spacial score (nSPS) is 10.8. The van der Waals surface area contributed by atoms with E-state index in [-0.39, 0.29) is 18.4 Å². The van der Waals surface area contributed by atoms with Crippen molar-refractivity contribution in [2.75, 3.05) is 13.1 Å². The van der Waals surface area contributed by atoms with E-state index in [4.69, 9.17) is 4.42 Å². The van der Waals surface area contributed by atoms with E-state index in [1.807, 2.05) is 53.5 Å². The van der Waals surface area contributed by atoms with E-state index in [1.54, 1.807) is 22.1 Å². The van der Waals surface area contributed by atoms with Crippen LogP contribution in [0.5, 0.6) is 0 Å². The monoisotopic (exact) mass is 413 g/mol. The molecule has 2 amide bonds. The van der Waals surface area contributed by atoms with Crippen molar-refractivity contribution in [3.8, 4) is 0 Å². The molecule has 3 rings (SSSR count). The van der Waals surface area contributed by atoms with E-state index < -0.39 is 0 Å². The Hall–Kier alpha value is -2.80. The molecule has 0 bridgehead atoms. The van der Waals surface area contributed by atoms with Crippen molar-refractivity contribution in [1.29, 1.82) is 0 Å². The van der Waals surface area contributed by atoms with Crippen molar-refractivity contribution < 1.29 is 14.0 Å². The van der Waals surface area contributed by atoms with Gasteiger partial charge < -0.3 is 18.8 Å². The Bertz CT molecular complexity index is 900. The third-order valence-corrected chi connectivity index (χ3v) is 5.67. The summed E-state index contributed by atoms with van der Waals surface area (Å²) in [6, 6.07) is 11.3. The third-order valence-electron chi connectivity index (χ3n) is 4.81. The molecular formula is C22H27N3O3S. The average Bonchev–Trinajstić information content (AvgIpc) is 3.48. The molecule has 0 aromatic carbocycles. The molecule has 0 fully saturated rings. The second kappa shape index (κ2) is 10.1. The van der Waals surface area contributed by atoms with Crippen LogP contribution < -0.4 is 0 Å². The summed E-state index contributed by atoms with van der Waals surface area (Å²) in [5.74, 6) is 0.541. The lowest BCUT2D eigenvalue weighted by Crippen LogP contribution is -2.42. The van der Waals surface area contributed by atoms with Gasteiger partial charge in [0.1, 0.15) is 12.3 Å². The number of carbonyl (C=O) groups is 2. The molecule has 0 saturated heterocycles. The number of aryl methyl sites for hydroxylation is 1. The Morgan fingerprint density at radius 2 is 1.97 bits per heavy atom. The van der Waals surface area contributed by atoms with Gasteiger partial charge in [-0.15, -0.1) is 11.3 Å². The average molecular weight is 414 g/mol. The summed E-state index contributed by atoms with van der Waals surface area (Å²) in [6.45, 7) is 3.53. The van der Waals surface area contributed by atoms with E-state index in [1.165, 1.54) is 11.3 Å². The molecule has 0 atom stereocenters. The Kier molecular flexibility index (Phi) is 7.30. The van der Waals surface area contributed by atoms with Gasteiger partial charge in [-0.2, -0.15) is 0 Å². The van der Waals surface area contributed by atoms with E-state index in [9.17, 15) is 9.59 Å². The van der Waals surface area contributed by atoms with Crippen molar-refractivity contribution in [2.45, 2.75) is 32.9 Å². The van der Waals surface area contributed by atoms with Crippen LogP contribution in [-0.2, 0) is 24.9 Å². The summed E-state index contributed by atoms with van der Waals surface area (Å²) < 4.78 is 7.45. The van der Waals surface area contributed by atoms with Crippen LogP contribution in [0, 0.1) is 0 Å². The van der Waals surface area contributed by atoms with Gasteiger partial charge in [0.2, 0.25) is 5.91 Å². The molecule has 3 aromatic heterocycles. The van der Waals surface area contributed by atoms with Crippen LogP contribution >= 0.6 is 11.3 Å². The van der Waals surface area contributed by atoms with Crippen LogP contribution in [0.4, 0.5) is 0 Å². The first-order chi connectivity index (χ1) is 14.1. The van der Waals surface area contributed by atoms with Crippen molar-refractivity contribution in [3.05, 3.63) is 70.6 Å². The lowest BCUT2D eigenvalue weighted by atomic mass is 10.2. The Morgan fingerprint density at radius 3 is 2.59 bits per heavy atom. The summed E-state index contributed by atoms with van der Waals surface area (Å²) in [7, 11) is 1.96. The van der Waals surface area contributed by atoms with E-state index in [0.717, 1.165) is 24.3 Å². The number of carbonyl (C=O) groups excluding carboxylic acids is 2. The van der Waals surface area contributed by atoms with Crippen molar-refractivity contribution in [1.82, 2.24) is 14.4 Å². The molecule has 0 unspecified atom stereocenters. The van der Waals surface area contributed by atoms with Gasteiger partial charge in [-0.1, -0.05) is 19.4 Å². The first-order valence-electron chi connectivity index (χ1n) is 9.81. The third kappa shape index (κ3) is 5.60. The van der Waals surface area contributed by atoms with Crippen LogP contribution in [0.15, 0.2) is 58.7 Å². The molecule has 3 heterocycles. The quantitative estimate of drug-likeness (QED) is 0.502. The molecule has 0 aliphatic heterocycles. The van der Waals surface area contributed by atoms with Crippen LogP contribution in [-0.4, -0.2) is 39.3 Å². The lowest BCUT2D eigenvalue weighted by Gasteiger charge is -2.27. The fourth-order valence-electron chi connectivity index (χ4n) is 3.10. The predicted molar refractivity (Wildman–Crippen MR) is 114 cm³/mol. The second-order valence-corrected chi connectivity index (χ2v) is 7.94. The minimum atomic E-state index is -0.0939. The molecule has 3 aromatic rings. The van der Waals surface area contributed by atoms with Crippen LogP contribution in [0.2, 0.25) is 0 Å². The summed E-state index contributed by atoms with van der Waals surface area (Å²) in [6.07, 6.45) is 5.38. The van der Waals surface area contributed by atoms with E-state index in [2.05, 4.69) is 6.92 Å². The molecule has 7 heteroatoms. The standard InChI is InChI=1S/C22H27N3O3S/c1-3-4-12-24(22(27)20-10-7-14-29-20)17-21(26)25(16-19-9-6-13-28-19)15-18-8-5-11-23(18)2/h5-11,13-14H,3-4,12,15-17H2,1-2H3. The number of amides is 2. The number of hydrogen-bond acceptors (Lipinski definition) is 4. The molecule has 154 valence electrons. The Morgan fingerprint density at radius 1 is 1.10 bits per heavy atom. The summed E-state index contributed by atoms with van der Waals surface area (Å²) in [5.41, 5.74) is 1.02. The molecule has 0 spiro atoms. The zero-order valence-electron chi connectivity index (χ0n) is 16.9. The summed E-state index contributed by atoms with van der Waals surface area (Å²) in [5, 5.41) is 1.88. The second-order valence-electron chi connectivity index (χ2n) is 7.00. The van der Waals surface area contributed by atoms with Gasteiger partial charge in [0.15, 0.2) is 0 Å². The molecule has 6 nitrogen and oxygen atoms in total. The highest BCUT2D eigenvalue weighted by Crippen LogP contribution is 2.15. The molecule has 0 saturated carbocycles. The summed E-state index contributed by atoms with van der Waals surface area (Å²) >= 11 is 1.40. The van der Waals surface area contributed by atoms with Crippen molar-refractivity contribution >= 4 is 23.2 Å². The maximum Gasteiger partial charge on any atom is 0.264 e. The smallest absolute Gasteiger partial charge is 0.264 e. The molecule has 0 aliphatic carbocycles. The fraction of sp³-hybridized carbons (Fsp3) is 0.364. The van der Waals surface area contributed by atoms with Crippen LogP contribution in [0.25, 0.3) is 0 Å². The minimum Gasteiger partial charge on any atom is -0.467 e. The highest BCUT2D eigenvalue weighted by atomic mass is 32.1. The van der Waals surface area contributed by atoms with E-state index in [0.29, 0.717) is 24.5 Å². The predicted octanol–water partition coefficient (Wildman–Crippen LogP) is 4.15. The first kappa shape index (κ1) is 20.9. The fourth-order valence-corrected chi connectivity index (χ4v) is 3.79.